The van der Waals surface area contributed by atoms with Crippen LogP contribution in [0.2, 0.25) is 0 Å². The molecule has 0 amide bonds. The van der Waals surface area contributed by atoms with Gasteiger partial charge in [0.15, 0.2) is 0 Å². The van der Waals surface area contributed by atoms with E-state index < -0.39 is 12.1 Å². The van der Waals surface area contributed by atoms with Crippen molar-refractivity contribution in [3.05, 3.63) is 12.2 Å². The summed E-state index contributed by atoms with van der Waals surface area (Å²) >= 11 is 2.13. The number of aliphatic carboxylic acids is 1. The second-order valence-corrected chi connectivity index (χ2v) is 5.72. The number of carbonyl (C=O) groups is 2. The average Bonchev–Trinajstić information content (AvgIpc) is 2.48. The minimum absolute atomic E-state index is 0.00349. The molecule has 0 aromatic rings. The fraction of sp³-hybridized carbons (Fsp3) is 0.667. The molecule has 17 heavy (non-hydrogen) atoms. The highest BCUT2D eigenvalue weighted by molar-refractivity contribution is 14.1. The molecule has 1 saturated carbocycles. The van der Waals surface area contributed by atoms with E-state index in [1.165, 1.54) is 0 Å². The van der Waals surface area contributed by atoms with Gasteiger partial charge in [0.25, 0.3) is 0 Å². The number of alkyl halides is 1. The predicted molar refractivity (Wildman–Crippen MR) is 72.2 cm³/mol. The maximum absolute atomic E-state index is 11.5. The van der Waals surface area contributed by atoms with Crippen LogP contribution >= 0.6 is 22.6 Å². The second-order valence-electron chi connectivity index (χ2n) is 4.28. The Morgan fingerprint density at radius 2 is 2.18 bits per heavy atom. The summed E-state index contributed by atoms with van der Waals surface area (Å²) in [6.07, 6.45) is 5.79. The number of aliphatic hydroxyl groups is 1. The van der Waals surface area contributed by atoms with Crippen molar-refractivity contribution in [2.45, 2.75) is 42.1 Å². The van der Waals surface area contributed by atoms with Gasteiger partial charge in [0, 0.05) is 22.7 Å². The number of Topliss-reactive ketones (excluding diaryl/α,β-unsaturated/α-hetero) is 1. The first-order chi connectivity index (χ1) is 8.02. The van der Waals surface area contributed by atoms with Crippen molar-refractivity contribution in [2.24, 2.45) is 5.92 Å². The summed E-state index contributed by atoms with van der Waals surface area (Å²) in [7, 11) is 0. The lowest BCUT2D eigenvalue weighted by atomic mass is 10.0. The Bertz CT molecular complexity index is 314. The normalized spacial score (nSPS) is 29.1. The molecule has 96 valence electrons. The SMILES string of the molecule is O=C(O)CCCC=CCC1C(=O)CC(O)C1I. The Labute approximate surface area is 114 Å². The third-order valence-corrected chi connectivity index (χ3v) is 4.59. The van der Waals surface area contributed by atoms with Crippen LogP contribution in [0.5, 0.6) is 0 Å². The largest absolute Gasteiger partial charge is 0.481 e. The van der Waals surface area contributed by atoms with Crippen molar-refractivity contribution < 1.29 is 19.8 Å². The predicted octanol–water partition coefficient (Wildman–Crippen LogP) is 1.94. The molecular weight excluding hydrogens is 335 g/mol. The number of hydrogen-bond acceptors (Lipinski definition) is 3. The number of unbranched alkanes of at least 4 members (excludes halogenated alkanes) is 1. The molecule has 1 aliphatic rings. The highest BCUT2D eigenvalue weighted by atomic mass is 127. The van der Waals surface area contributed by atoms with Gasteiger partial charge in [-0.15, -0.1) is 0 Å². The number of carbonyl (C=O) groups excluding carboxylic acids is 1. The number of rotatable bonds is 6. The molecule has 0 heterocycles. The summed E-state index contributed by atoms with van der Waals surface area (Å²) in [6, 6.07) is 0. The van der Waals surface area contributed by atoms with E-state index in [1.54, 1.807) is 0 Å². The molecule has 5 heteroatoms. The number of halogens is 1. The third-order valence-electron chi connectivity index (χ3n) is 2.89. The summed E-state index contributed by atoms with van der Waals surface area (Å²) in [6.45, 7) is 0. The maximum atomic E-state index is 11.5. The monoisotopic (exact) mass is 352 g/mol. The van der Waals surface area contributed by atoms with Gasteiger partial charge in [-0.25, -0.2) is 0 Å². The van der Waals surface area contributed by atoms with Gasteiger partial charge in [-0.1, -0.05) is 34.7 Å². The number of carboxylic acids is 1. The molecule has 0 aliphatic heterocycles. The van der Waals surface area contributed by atoms with Gasteiger partial charge in [0.1, 0.15) is 5.78 Å². The average molecular weight is 352 g/mol. The Balaban J connectivity index is 2.24. The smallest absolute Gasteiger partial charge is 0.303 e. The lowest BCUT2D eigenvalue weighted by molar-refractivity contribution is -0.137. The quantitative estimate of drug-likeness (QED) is 0.332. The van der Waals surface area contributed by atoms with Crippen molar-refractivity contribution in [1.29, 1.82) is 0 Å². The zero-order chi connectivity index (χ0) is 12.8. The van der Waals surface area contributed by atoms with E-state index in [1.807, 2.05) is 12.2 Å². The molecule has 0 spiro atoms. The molecule has 4 nitrogen and oxygen atoms in total. The van der Waals surface area contributed by atoms with Crippen molar-refractivity contribution >= 4 is 34.3 Å². The van der Waals surface area contributed by atoms with Crippen LogP contribution < -0.4 is 0 Å². The van der Waals surface area contributed by atoms with Crippen molar-refractivity contribution in [2.75, 3.05) is 0 Å². The first-order valence-electron chi connectivity index (χ1n) is 5.74. The van der Waals surface area contributed by atoms with Crippen LogP contribution in [0.3, 0.4) is 0 Å². The molecule has 1 aliphatic carbocycles. The highest BCUT2D eigenvalue weighted by Gasteiger charge is 2.38. The van der Waals surface area contributed by atoms with Gasteiger partial charge in [0.05, 0.1) is 6.10 Å². The van der Waals surface area contributed by atoms with Gasteiger partial charge in [-0.05, 0) is 19.3 Å². The minimum atomic E-state index is -0.778. The van der Waals surface area contributed by atoms with Crippen LogP contribution in [-0.4, -0.2) is 32.0 Å². The van der Waals surface area contributed by atoms with E-state index in [2.05, 4.69) is 22.6 Å². The molecule has 3 atom stereocenters. The number of carboxylic acid groups (broad SMARTS) is 1. The zero-order valence-electron chi connectivity index (χ0n) is 9.51. The lowest BCUT2D eigenvalue weighted by Crippen LogP contribution is -2.19. The molecule has 3 unspecified atom stereocenters. The van der Waals surface area contributed by atoms with Crippen LogP contribution in [0.15, 0.2) is 12.2 Å². The maximum Gasteiger partial charge on any atom is 0.303 e. The van der Waals surface area contributed by atoms with Crippen LogP contribution in [0.4, 0.5) is 0 Å². The summed E-state index contributed by atoms with van der Waals surface area (Å²) in [5.74, 6) is -0.728. The molecule has 0 aromatic carbocycles. The van der Waals surface area contributed by atoms with Crippen LogP contribution in [0.1, 0.15) is 32.1 Å². The van der Waals surface area contributed by atoms with E-state index in [0.717, 1.165) is 6.42 Å². The van der Waals surface area contributed by atoms with E-state index >= 15 is 0 Å². The van der Waals surface area contributed by atoms with E-state index in [4.69, 9.17) is 5.11 Å². The Hall–Kier alpha value is -0.430. The standard InChI is InChI=1S/C12H17IO4/c13-12-8(9(14)7-10(12)15)5-3-1-2-4-6-11(16)17/h1,3,8,10,12,15H,2,4-7H2,(H,16,17). The van der Waals surface area contributed by atoms with E-state index in [-0.39, 0.29) is 28.5 Å². The van der Waals surface area contributed by atoms with Crippen molar-refractivity contribution in [1.82, 2.24) is 0 Å². The number of allylic oxidation sites excluding steroid dienone is 2. The highest BCUT2D eigenvalue weighted by Crippen LogP contribution is 2.32. The molecule has 0 bridgehead atoms. The Morgan fingerprint density at radius 1 is 1.47 bits per heavy atom. The Morgan fingerprint density at radius 3 is 2.71 bits per heavy atom. The fourth-order valence-corrected chi connectivity index (χ4v) is 2.86. The summed E-state index contributed by atoms with van der Waals surface area (Å²) in [4.78, 5) is 21.8. The van der Waals surface area contributed by atoms with Crippen LogP contribution in [0, 0.1) is 5.92 Å². The third kappa shape index (κ3) is 4.75. The van der Waals surface area contributed by atoms with E-state index in [9.17, 15) is 14.7 Å². The van der Waals surface area contributed by atoms with Crippen molar-refractivity contribution in [3.63, 3.8) is 0 Å². The molecule has 0 aromatic heterocycles. The van der Waals surface area contributed by atoms with E-state index in [0.29, 0.717) is 12.8 Å². The molecule has 1 fully saturated rings. The molecule has 0 radical (unpaired) electrons. The topological polar surface area (TPSA) is 74.6 Å². The van der Waals surface area contributed by atoms with Crippen LogP contribution in [-0.2, 0) is 9.59 Å². The number of hydrogen-bond donors (Lipinski definition) is 2. The van der Waals surface area contributed by atoms with Gasteiger partial charge >= 0.3 is 5.97 Å². The van der Waals surface area contributed by atoms with Gasteiger partial charge in [-0.3, -0.25) is 9.59 Å². The zero-order valence-corrected chi connectivity index (χ0v) is 11.7. The molecule has 0 saturated heterocycles. The van der Waals surface area contributed by atoms with Gasteiger partial charge in [-0.2, -0.15) is 0 Å². The molecule has 1 rings (SSSR count). The van der Waals surface area contributed by atoms with Gasteiger partial charge in [0.2, 0.25) is 0 Å². The first-order valence-corrected chi connectivity index (χ1v) is 6.98. The summed E-state index contributed by atoms with van der Waals surface area (Å²) in [5, 5.41) is 18.0. The van der Waals surface area contributed by atoms with Crippen molar-refractivity contribution in [3.8, 4) is 0 Å². The first kappa shape index (κ1) is 14.6. The fourth-order valence-electron chi connectivity index (χ4n) is 1.91. The molecule has 2 N–H and O–H groups in total. The summed E-state index contributed by atoms with van der Waals surface area (Å²) < 4.78 is 0.00349. The number of aliphatic hydroxyl groups excluding tert-OH is 1. The second kappa shape index (κ2) is 7.10. The minimum Gasteiger partial charge on any atom is -0.481 e. The number of ketones is 1. The molecular formula is C12H17IO4. The Kier molecular flexibility index (Phi) is 6.11. The van der Waals surface area contributed by atoms with Gasteiger partial charge < -0.3 is 10.2 Å². The van der Waals surface area contributed by atoms with Crippen LogP contribution in [0.25, 0.3) is 0 Å². The summed E-state index contributed by atoms with van der Waals surface area (Å²) in [5.41, 5.74) is 0. The lowest BCUT2D eigenvalue weighted by Gasteiger charge is -2.11.